The first-order valence-electron chi connectivity index (χ1n) is 1.78. The Morgan fingerprint density at radius 3 is 2.38 bits per heavy atom. The van der Waals surface area contributed by atoms with Crippen molar-refractivity contribution < 1.29 is 0 Å². The molecule has 0 aromatic carbocycles. The van der Waals surface area contributed by atoms with Gasteiger partial charge >= 0.3 is 0 Å². The lowest BCUT2D eigenvalue weighted by Crippen LogP contribution is -2.00. The Balaban J connectivity index is 3.80. The Bertz CT molecular complexity index is 122. The van der Waals surface area contributed by atoms with Gasteiger partial charge in [-0.2, -0.15) is 5.10 Å². The molecular formula is C3H4I2N2S. The van der Waals surface area contributed by atoms with Gasteiger partial charge in [0.05, 0.1) is 22.9 Å². The number of hydrogen-bond donors (Lipinski definition) is 1. The molecule has 0 aliphatic heterocycles. The zero-order valence-electron chi connectivity index (χ0n) is 4.11. The minimum absolute atomic E-state index is 0.815. The summed E-state index contributed by atoms with van der Waals surface area (Å²) in [7, 11) is 0. The van der Waals surface area contributed by atoms with Crippen molar-refractivity contribution in [2.75, 3.05) is 0 Å². The van der Waals surface area contributed by atoms with Gasteiger partial charge in [-0.3, -0.25) is 0 Å². The summed E-state index contributed by atoms with van der Waals surface area (Å²) in [5, 5.41) is 3.82. The number of thiocarbonyl (C=S) groups is 1. The van der Waals surface area contributed by atoms with E-state index in [2.05, 4.69) is 31.3 Å². The maximum Gasteiger partial charge on any atom is 0.135 e. The normalized spacial score (nSPS) is 11.1. The van der Waals surface area contributed by atoms with Crippen molar-refractivity contribution in [2.45, 2.75) is 6.92 Å². The third-order valence-corrected chi connectivity index (χ3v) is 2.28. The Labute approximate surface area is 81.1 Å². The molecule has 0 bridgehead atoms. The van der Waals surface area contributed by atoms with Crippen molar-refractivity contribution >= 4 is 66.3 Å². The fourth-order valence-corrected chi connectivity index (χ4v) is 0.985. The Kier molecular flexibility index (Phi) is 5.48. The topological polar surface area (TPSA) is 24.4 Å². The van der Waals surface area contributed by atoms with Crippen molar-refractivity contribution in [3.8, 4) is 0 Å². The van der Waals surface area contributed by atoms with Gasteiger partial charge in [-0.25, -0.2) is 3.64 Å². The second-order valence-corrected chi connectivity index (χ2v) is 3.16. The quantitative estimate of drug-likeness (QED) is 0.270. The molecule has 2 nitrogen and oxygen atoms in total. The van der Waals surface area contributed by atoms with Gasteiger partial charge in [-0.1, -0.05) is 12.2 Å². The van der Waals surface area contributed by atoms with Gasteiger partial charge in [-0.05, 0) is 29.5 Å². The van der Waals surface area contributed by atoms with Gasteiger partial charge < -0.3 is 0 Å². The highest BCUT2D eigenvalue weighted by Gasteiger charge is 1.91. The average Bonchev–Trinajstić information content (AvgIpc) is 1.67. The van der Waals surface area contributed by atoms with Crippen LogP contribution in [-0.2, 0) is 0 Å². The maximum atomic E-state index is 4.80. The lowest BCUT2D eigenvalue weighted by molar-refractivity contribution is 1.18. The molecule has 0 atom stereocenters. The molecule has 0 aliphatic carbocycles. The van der Waals surface area contributed by atoms with E-state index < -0.39 is 0 Å². The van der Waals surface area contributed by atoms with Crippen LogP contribution in [-0.4, -0.2) is 8.58 Å². The summed E-state index contributed by atoms with van der Waals surface area (Å²) in [6, 6.07) is 0. The highest BCUT2D eigenvalue weighted by atomic mass is 127. The van der Waals surface area contributed by atoms with E-state index in [0.717, 1.165) is 8.58 Å². The van der Waals surface area contributed by atoms with Gasteiger partial charge in [-0.15, -0.1) is 0 Å². The van der Waals surface area contributed by atoms with Crippen LogP contribution in [0.5, 0.6) is 0 Å². The molecule has 0 aromatic rings. The molecule has 0 unspecified atom stereocenters. The van der Waals surface area contributed by atoms with Gasteiger partial charge in [0.15, 0.2) is 0 Å². The minimum Gasteiger partial charge on any atom is -0.249 e. The lowest BCUT2D eigenvalue weighted by Gasteiger charge is -1.89. The van der Waals surface area contributed by atoms with Crippen LogP contribution >= 0.6 is 57.7 Å². The molecule has 0 saturated heterocycles. The van der Waals surface area contributed by atoms with Crippen LogP contribution in [0.3, 0.4) is 0 Å². The summed E-state index contributed by atoms with van der Waals surface area (Å²) in [6.45, 7) is 1.84. The summed E-state index contributed by atoms with van der Waals surface area (Å²) < 4.78 is 3.45. The number of nitrogens with one attached hydrogen (secondary N) is 1. The molecule has 0 spiro atoms. The molecule has 0 amide bonds. The Hall–Kier alpha value is 1.02. The van der Waals surface area contributed by atoms with E-state index in [0.29, 0.717) is 0 Å². The Morgan fingerprint density at radius 2 is 2.25 bits per heavy atom. The lowest BCUT2D eigenvalue weighted by atomic mass is 10.5. The third-order valence-electron chi connectivity index (χ3n) is 0.431. The first-order valence-corrected chi connectivity index (χ1v) is 4.35. The molecule has 0 fully saturated rings. The molecule has 0 heterocycles. The summed E-state index contributed by atoms with van der Waals surface area (Å²) in [5.41, 5.74) is 0. The van der Waals surface area contributed by atoms with Gasteiger partial charge in [0.25, 0.3) is 0 Å². The molecule has 5 heteroatoms. The Morgan fingerprint density at radius 1 is 1.75 bits per heavy atom. The first-order chi connectivity index (χ1) is 3.68. The van der Waals surface area contributed by atoms with Gasteiger partial charge in [0, 0.05) is 4.86 Å². The fraction of sp³-hybridized carbons (Fsp3) is 0.333. The summed E-state index contributed by atoms with van der Waals surface area (Å²) in [6.07, 6.45) is 0. The third kappa shape index (κ3) is 3.96. The van der Waals surface area contributed by atoms with Crippen molar-refractivity contribution in [1.29, 1.82) is 0 Å². The van der Waals surface area contributed by atoms with E-state index in [1.165, 1.54) is 0 Å². The van der Waals surface area contributed by atoms with E-state index in [1.807, 2.05) is 29.8 Å². The number of halogens is 2. The van der Waals surface area contributed by atoms with Crippen LogP contribution in [0.15, 0.2) is 5.10 Å². The van der Waals surface area contributed by atoms with Crippen molar-refractivity contribution in [1.82, 2.24) is 3.64 Å². The van der Waals surface area contributed by atoms with E-state index in [9.17, 15) is 0 Å². The van der Waals surface area contributed by atoms with Crippen molar-refractivity contribution in [3.05, 3.63) is 0 Å². The fourth-order valence-electron chi connectivity index (χ4n) is 0.116. The van der Waals surface area contributed by atoms with Crippen LogP contribution in [0.25, 0.3) is 0 Å². The van der Waals surface area contributed by atoms with E-state index >= 15 is 0 Å². The second kappa shape index (κ2) is 4.86. The van der Waals surface area contributed by atoms with Crippen LogP contribution in [0.2, 0.25) is 0 Å². The average molecular weight is 354 g/mol. The highest BCUT2D eigenvalue weighted by molar-refractivity contribution is 14.1. The molecular weight excluding hydrogens is 350 g/mol. The van der Waals surface area contributed by atoms with Crippen LogP contribution in [0.1, 0.15) is 6.92 Å². The van der Waals surface area contributed by atoms with Crippen molar-refractivity contribution in [3.63, 3.8) is 0 Å². The highest BCUT2D eigenvalue weighted by Crippen LogP contribution is 1.93. The predicted octanol–water partition coefficient (Wildman–Crippen LogP) is 2.06. The SMILES string of the molecule is CC(=S)C(I)=NNI. The molecule has 1 N–H and O–H groups in total. The van der Waals surface area contributed by atoms with Gasteiger partial charge in [0.1, 0.15) is 3.72 Å². The second-order valence-electron chi connectivity index (χ2n) is 1.04. The molecule has 0 radical (unpaired) electrons. The number of nitrogens with zero attached hydrogens (tertiary/aromatic N) is 1. The number of hydrazone groups is 1. The van der Waals surface area contributed by atoms with Crippen LogP contribution in [0.4, 0.5) is 0 Å². The summed E-state index contributed by atoms with van der Waals surface area (Å²) >= 11 is 8.81. The monoisotopic (exact) mass is 354 g/mol. The van der Waals surface area contributed by atoms with E-state index in [-0.39, 0.29) is 0 Å². The van der Waals surface area contributed by atoms with Gasteiger partial charge in [0.2, 0.25) is 0 Å². The predicted molar refractivity (Wildman–Crippen MR) is 56.9 cm³/mol. The molecule has 46 valence electrons. The van der Waals surface area contributed by atoms with Crippen LogP contribution in [0, 0.1) is 0 Å². The van der Waals surface area contributed by atoms with Crippen molar-refractivity contribution in [2.24, 2.45) is 5.10 Å². The molecule has 0 aliphatic rings. The zero-order valence-corrected chi connectivity index (χ0v) is 9.24. The van der Waals surface area contributed by atoms with E-state index in [4.69, 9.17) is 12.2 Å². The number of hydrogen-bond acceptors (Lipinski definition) is 3. The van der Waals surface area contributed by atoms with Crippen LogP contribution < -0.4 is 3.64 Å². The standard InChI is InChI=1S/C3H4I2N2S/c1-2(8)3(4)6-7-5/h7H,1H3. The molecule has 0 aromatic heterocycles. The molecule has 8 heavy (non-hydrogen) atoms. The zero-order chi connectivity index (χ0) is 6.57. The first kappa shape index (κ1) is 9.02. The summed E-state index contributed by atoms with van der Waals surface area (Å²) in [5.74, 6) is 0. The minimum atomic E-state index is 0.815. The number of rotatable bonds is 2. The van der Waals surface area contributed by atoms with E-state index in [1.54, 1.807) is 0 Å². The maximum absolute atomic E-state index is 4.80. The summed E-state index contributed by atoms with van der Waals surface area (Å²) in [4.78, 5) is 0.815. The smallest absolute Gasteiger partial charge is 0.135 e. The largest absolute Gasteiger partial charge is 0.249 e. The molecule has 0 rings (SSSR count). The molecule has 0 saturated carbocycles.